The fourth-order valence-corrected chi connectivity index (χ4v) is 7.12. The van der Waals surface area contributed by atoms with Gasteiger partial charge in [-0.1, -0.05) is 32.0 Å². The lowest BCUT2D eigenvalue weighted by molar-refractivity contribution is -0.137. The number of nitrogens with zero attached hydrogens (tertiary/aromatic N) is 5. The number of amides is 2. The van der Waals surface area contributed by atoms with E-state index in [1.807, 2.05) is 0 Å². The second-order valence-corrected chi connectivity index (χ2v) is 12.1. The molecule has 0 spiro atoms. The highest BCUT2D eigenvalue weighted by Gasteiger charge is 2.39. The van der Waals surface area contributed by atoms with Gasteiger partial charge in [-0.05, 0) is 35.1 Å². The predicted molar refractivity (Wildman–Crippen MR) is 149 cm³/mol. The lowest BCUT2D eigenvalue weighted by Crippen LogP contribution is -2.51. The van der Waals surface area contributed by atoms with Gasteiger partial charge in [0.2, 0.25) is 11.8 Å². The van der Waals surface area contributed by atoms with Crippen LogP contribution in [0.15, 0.2) is 30.6 Å². The van der Waals surface area contributed by atoms with E-state index in [1.165, 1.54) is 27.0 Å². The summed E-state index contributed by atoms with van der Waals surface area (Å²) in [5.41, 5.74) is 3.65. The number of aromatic nitrogens is 2. The molecule has 2 saturated heterocycles. The number of hydrogen-bond donors (Lipinski definition) is 2. The first-order chi connectivity index (χ1) is 17.9. The molecule has 0 aliphatic carbocycles. The number of fused-ring (bicyclic) bond motifs is 2. The number of piperazine rings is 1. The molecule has 0 bridgehead atoms. The van der Waals surface area contributed by atoms with Gasteiger partial charge in [0.25, 0.3) is 0 Å². The SMILES string of the molecule is CC(C)c1cc2c(N3CCN(Cc4ccc5c(c4)C(S)N(C4CCC(=O)NC4=O)C5)CC3)ncnc2s1. The average molecular weight is 537 g/mol. The highest BCUT2D eigenvalue weighted by Crippen LogP contribution is 2.40. The minimum absolute atomic E-state index is 0.141. The molecule has 8 nitrogen and oxygen atoms in total. The van der Waals surface area contributed by atoms with E-state index >= 15 is 0 Å². The van der Waals surface area contributed by atoms with Crippen LogP contribution in [-0.2, 0) is 22.7 Å². The summed E-state index contributed by atoms with van der Waals surface area (Å²) >= 11 is 6.65. The molecule has 0 radical (unpaired) electrons. The third-order valence-electron chi connectivity index (χ3n) is 7.74. The second kappa shape index (κ2) is 9.98. The number of hydrogen-bond acceptors (Lipinski definition) is 9. The molecule has 2 atom stereocenters. The summed E-state index contributed by atoms with van der Waals surface area (Å²) in [6.45, 7) is 9.81. The van der Waals surface area contributed by atoms with Gasteiger partial charge in [-0.2, -0.15) is 12.6 Å². The first kappa shape index (κ1) is 24.8. The van der Waals surface area contributed by atoms with Crippen molar-refractivity contribution in [3.8, 4) is 0 Å². The summed E-state index contributed by atoms with van der Waals surface area (Å²) in [5.74, 6) is 1.15. The van der Waals surface area contributed by atoms with Crippen LogP contribution in [0.1, 0.15) is 59.5 Å². The van der Waals surface area contributed by atoms with Crippen LogP contribution in [-0.4, -0.2) is 63.8 Å². The van der Waals surface area contributed by atoms with E-state index in [9.17, 15) is 9.59 Å². The Morgan fingerprint density at radius 2 is 1.95 bits per heavy atom. The van der Waals surface area contributed by atoms with Crippen LogP contribution in [0, 0.1) is 0 Å². The van der Waals surface area contributed by atoms with Crippen LogP contribution in [0.5, 0.6) is 0 Å². The third-order valence-corrected chi connectivity index (χ3v) is 9.66. The van der Waals surface area contributed by atoms with Crippen LogP contribution < -0.4 is 10.2 Å². The van der Waals surface area contributed by atoms with E-state index < -0.39 is 0 Å². The number of anilines is 1. The smallest absolute Gasteiger partial charge is 0.243 e. The number of rotatable bonds is 5. The van der Waals surface area contributed by atoms with Gasteiger partial charge in [-0.25, -0.2) is 9.97 Å². The third kappa shape index (κ3) is 4.76. The van der Waals surface area contributed by atoms with Crippen molar-refractivity contribution < 1.29 is 9.59 Å². The van der Waals surface area contributed by atoms with Crippen molar-refractivity contribution in [3.63, 3.8) is 0 Å². The van der Waals surface area contributed by atoms with Crippen LogP contribution in [0.25, 0.3) is 10.2 Å². The van der Waals surface area contributed by atoms with E-state index in [4.69, 9.17) is 12.6 Å². The molecule has 194 valence electrons. The van der Waals surface area contributed by atoms with Crippen molar-refractivity contribution in [1.29, 1.82) is 0 Å². The Kier molecular flexibility index (Phi) is 6.68. The summed E-state index contributed by atoms with van der Waals surface area (Å²) in [6, 6.07) is 8.58. The van der Waals surface area contributed by atoms with Crippen LogP contribution in [0.2, 0.25) is 0 Å². The summed E-state index contributed by atoms with van der Waals surface area (Å²) in [5, 5.41) is 3.51. The molecule has 1 aromatic carbocycles. The molecular formula is C27H32N6O2S2. The van der Waals surface area contributed by atoms with E-state index in [2.05, 4.69) is 68.1 Å². The lowest BCUT2D eigenvalue weighted by Gasteiger charge is -2.35. The highest BCUT2D eigenvalue weighted by atomic mass is 32.1. The first-order valence-electron chi connectivity index (χ1n) is 13.0. The van der Waals surface area contributed by atoms with E-state index in [0.717, 1.165) is 43.4 Å². The van der Waals surface area contributed by atoms with Gasteiger partial charge in [-0.15, -0.1) is 11.3 Å². The van der Waals surface area contributed by atoms with Gasteiger partial charge in [0, 0.05) is 50.6 Å². The molecule has 1 N–H and O–H groups in total. The number of piperidine rings is 1. The zero-order valence-corrected chi connectivity index (χ0v) is 22.9. The van der Waals surface area contributed by atoms with Crippen molar-refractivity contribution >= 4 is 51.8 Å². The molecule has 2 aromatic heterocycles. The maximum absolute atomic E-state index is 12.4. The minimum atomic E-state index is -0.308. The monoisotopic (exact) mass is 536 g/mol. The van der Waals surface area contributed by atoms with Crippen molar-refractivity contribution in [2.45, 2.75) is 57.1 Å². The van der Waals surface area contributed by atoms with Crippen molar-refractivity contribution in [3.05, 3.63) is 52.2 Å². The van der Waals surface area contributed by atoms with Gasteiger partial charge < -0.3 is 4.90 Å². The van der Waals surface area contributed by atoms with Crippen molar-refractivity contribution in [2.24, 2.45) is 0 Å². The van der Waals surface area contributed by atoms with Crippen LogP contribution in [0.3, 0.4) is 0 Å². The molecule has 6 rings (SSSR count). The number of carbonyl (C=O) groups excluding carboxylic acids is 2. The number of carbonyl (C=O) groups is 2. The van der Waals surface area contributed by atoms with E-state index in [1.54, 1.807) is 17.7 Å². The first-order valence-corrected chi connectivity index (χ1v) is 14.3. The Morgan fingerprint density at radius 1 is 1.14 bits per heavy atom. The quantitative estimate of drug-likeness (QED) is 0.380. The fourth-order valence-electron chi connectivity index (χ4n) is 5.64. The van der Waals surface area contributed by atoms with Gasteiger partial charge in [0.1, 0.15) is 17.0 Å². The summed E-state index contributed by atoms with van der Waals surface area (Å²) in [7, 11) is 0. The van der Waals surface area contributed by atoms with E-state index in [0.29, 0.717) is 25.3 Å². The van der Waals surface area contributed by atoms with Gasteiger partial charge in [-0.3, -0.25) is 24.7 Å². The minimum Gasteiger partial charge on any atom is -0.353 e. The molecular weight excluding hydrogens is 504 g/mol. The number of thiol groups is 1. The maximum atomic E-state index is 12.4. The Balaban J connectivity index is 1.10. The van der Waals surface area contributed by atoms with E-state index in [-0.39, 0.29) is 23.2 Å². The molecule has 3 aromatic rings. The Hall–Kier alpha value is -2.53. The largest absolute Gasteiger partial charge is 0.353 e. The number of nitrogens with one attached hydrogen (secondary N) is 1. The zero-order valence-electron chi connectivity index (χ0n) is 21.2. The molecule has 3 aliphatic rings. The average Bonchev–Trinajstić information content (AvgIpc) is 3.46. The van der Waals surface area contributed by atoms with Crippen LogP contribution in [0.4, 0.5) is 5.82 Å². The Morgan fingerprint density at radius 3 is 2.70 bits per heavy atom. The zero-order chi connectivity index (χ0) is 25.7. The van der Waals surface area contributed by atoms with Gasteiger partial charge in [0.15, 0.2) is 0 Å². The van der Waals surface area contributed by atoms with Crippen molar-refractivity contribution in [2.75, 3.05) is 31.1 Å². The molecule has 5 heterocycles. The molecule has 37 heavy (non-hydrogen) atoms. The number of imide groups is 1. The molecule has 0 saturated carbocycles. The molecule has 3 aliphatic heterocycles. The molecule has 2 fully saturated rings. The number of benzene rings is 1. The normalized spacial score (nSPS) is 23.2. The van der Waals surface area contributed by atoms with Gasteiger partial charge >= 0.3 is 0 Å². The second-order valence-electron chi connectivity index (χ2n) is 10.5. The number of thiophene rings is 1. The summed E-state index contributed by atoms with van der Waals surface area (Å²) in [6.07, 6.45) is 2.63. The molecule has 2 amide bonds. The summed E-state index contributed by atoms with van der Waals surface area (Å²) in [4.78, 5) is 42.6. The highest BCUT2D eigenvalue weighted by molar-refractivity contribution is 7.80. The topological polar surface area (TPSA) is 81.7 Å². The maximum Gasteiger partial charge on any atom is 0.243 e. The van der Waals surface area contributed by atoms with Gasteiger partial charge in [0.05, 0.1) is 16.8 Å². The predicted octanol–water partition coefficient (Wildman–Crippen LogP) is 3.69. The molecule has 2 unspecified atom stereocenters. The van der Waals surface area contributed by atoms with Crippen LogP contribution >= 0.6 is 24.0 Å². The lowest BCUT2D eigenvalue weighted by atomic mass is 10.0. The fraction of sp³-hybridized carbons (Fsp3) is 0.481. The molecule has 10 heteroatoms. The Bertz CT molecular complexity index is 1350. The standard InChI is InChI=1S/C27H32N6O2S2/c1-16(2)22-12-20-24(28-15-29-26(20)37-22)32-9-7-31(8-10-32)13-17-3-4-18-14-33(27(36)19(18)11-17)21-5-6-23(34)30-25(21)35/h3-4,11-12,15-16,21,27,36H,5-10,13-14H2,1-2H3,(H,30,34,35). The Labute approximate surface area is 226 Å². The summed E-state index contributed by atoms with van der Waals surface area (Å²) < 4.78 is 0. The van der Waals surface area contributed by atoms with Crippen molar-refractivity contribution in [1.82, 2.24) is 25.1 Å².